The molecular formula is C14H21N3O2. The molecule has 0 amide bonds. The molecule has 0 saturated heterocycles. The van der Waals surface area contributed by atoms with E-state index >= 15 is 0 Å². The molecule has 1 fully saturated rings. The fourth-order valence-electron chi connectivity index (χ4n) is 2.75. The highest BCUT2D eigenvalue weighted by Crippen LogP contribution is 2.29. The Labute approximate surface area is 113 Å². The molecule has 5 heteroatoms. The minimum atomic E-state index is -1.04. The van der Waals surface area contributed by atoms with Crippen molar-refractivity contribution in [3.63, 3.8) is 0 Å². The average molecular weight is 263 g/mol. The molecule has 19 heavy (non-hydrogen) atoms. The molecule has 2 N–H and O–H groups in total. The van der Waals surface area contributed by atoms with Crippen molar-refractivity contribution in [2.24, 2.45) is 5.92 Å². The summed E-state index contributed by atoms with van der Waals surface area (Å²) in [4.78, 5) is 18.8. The van der Waals surface area contributed by atoms with Crippen molar-refractivity contribution < 1.29 is 9.90 Å². The summed E-state index contributed by atoms with van der Waals surface area (Å²) >= 11 is 0. The Kier molecular flexibility index (Phi) is 4.71. The summed E-state index contributed by atoms with van der Waals surface area (Å²) in [6.45, 7) is 2.23. The number of nitrogens with zero attached hydrogens (tertiary/aromatic N) is 2. The van der Waals surface area contributed by atoms with Crippen LogP contribution in [0.1, 0.15) is 55.9 Å². The Morgan fingerprint density at radius 2 is 2.11 bits per heavy atom. The first kappa shape index (κ1) is 13.8. The van der Waals surface area contributed by atoms with Crippen LogP contribution in [0.5, 0.6) is 0 Å². The molecule has 1 aliphatic rings. The van der Waals surface area contributed by atoms with Crippen LogP contribution in [0.2, 0.25) is 0 Å². The maximum absolute atomic E-state index is 10.8. The van der Waals surface area contributed by atoms with Gasteiger partial charge in [-0.3, -0.25) is 4.98 Å². The minimum absolute atomic E-state index is 0.00957. The highest BCUT2D eigenvalue weighted by Gasteiger charge is 2.20. The highest BCUT2D eigenvalue weighted by molar-refractivity contribution is 5.85. The van der Waals surface area contributed by atoms with Crippen molar-refractivity contribution >= 4 is 11.8 Å². The van der Waals surface area contributed by atoms with Gasteiger partial charge < -0.3 is 10.4 Å². The van der Waals surface area contributed by atoms with Crippen LogP contribution in [-0.4, -0.2) is 27.1 Å². The normalized spacial score (nSPS) is 23.0. The molecule has 1 aromatic rings. The van der Waals surface area contributed by atoms with Crippen LogP contribution >= 0.6 is 0 Å². The topological polar surface area (TPSA) is 75.1 Å². The Morgan fingerprint density at radius 1 is 1.37 bits per heavy atom. The van der Waals surface area contributed by atoms with Gasteiger partial charge in [-0.15, -0.1) is 0 Å². The molecule has 0 aliphatic heterocycles. The third-order valence-electron chi connectivity index (χ3n) is 3.75. The number of nitrogens with one attached hydrogen (secondary N) is 1. The van der Waals surface area contributed by atoms with Crippen LogP contribution in [0.4, 0.5) is 5.82 Å². The lowest BCUT2D eigenvalue weighted by molar-refractivity contribution is 0.0690. The number of carboxylic acids is 1. The molecule has 0 unspecified atom stereocenters. The van der Waals surface area contributed by atoms with Crippen molar-refractivity contribution in [3.05, 3.63) is 18.1 Å². The van der Waals surface area contributed by atoms with Crippen LogP contribution in [0.15, 0.2) is 12.4 Å². The molecule has 104 valence electrons. The Balaban J connectivity index is 1.88. The summed E-state index contributed by atoms with van der Waals surface area (Å²) in [6, 6.07) is 0.395. The SMILES string of the molecule is CCCC1CCC(Nc2cncc(C(=O)O)n2)CC1. The van der Waals surface area contributed by atoms with Gasteiger partial charge in [0, 0.05) is 6.04 Å². The fourth-order valence-corrected chi connectivity index (χ4v) is 2.75. The van der Waals surface area contributed by atoms with Crippen molar-refractivity contribution in [2.45, 2.75) is 51.5 Å². The van der Waals surface area contributed by atoms with Gasteiger partial charge in [-0.1, -0.05) is 19.8 Å². The third kappa shape index (κ3) is 3.91. The quantitative estimate of drug-likeness (QED) is 0.854. The first-order chi connectivity index (χ1) is 9.19. The number of aromatic nitrogens is 2. The van der Waals surface area contributed by atoms with Crippen molar-refractivity contribution in [2.75, 3.05) is 5.32 Å². The molecule has 0 aromatic carbocycles. The zero-order chi connectivity index (χ0) is 13.7. The van der Waals surface area contributed by atoms with Gasteiger partial charge in [0.25, 0.3) is 0 Å². The van der Waals surface area contributed by atoms with Crippen LogP contribution in [-0.2, 0) is 0 Å². The summed E-state index contributed by atoms with van der Waals surface area (Å²) in [5, 5.41) is 12.2. The minimum Gasteiger partial charge on any atom is -0.476 e. The van der Waals surface area contributed by atoms with E-state index in [2.05, 4.69) is 22.2 Å². The van der Waals surface area contributed by atoms with E-state index in [1.807, 2.05) is 0 Å². The van der Waals surface area contributed by atoms with E-state index in [4.69, 9.17) is 5.11 Å². The average Bonchev–Trinajstić information content (AvgIpc) is 2.42. The molecule has 0 spiro atoms. The van der Waals surface area contributed by atoms with Crippen LogP contribution < -0.4 is 5.32 Å². The van der Waals surface area contributed by atoms with E-state index < -0.39 is 5.97 Å². The standard InChI is InChI=1S/C14H21N3O2/c1-2-3-10-4-6-11(7-5-10)16-13-9-15-8-12(17-13)14(18)19/h8-11H,2-7H2,1H3,(H,16,17)(H,18,19). The van der Waals surface area contributed by atoms with Gasteiger partial charge in [-0.25, -0.2) is 9.78 Å². The first-order valence-corrected chi connectivity index (χ1v) is 7.01. The molecular weight excluding hydrogens is 242 g/mol. The van der Waals surface area contributed by atoms with E-state index in [1.165, 1.54) is 31.9 Å². The predicted molar refractivity (Wildman–Crippen MR) is 73.3 cm³/mol. The molecule has 0 atom stereocenters. The molecule has 0 bridgehead atoms. The number of carboxylic acid groups (broad SMARTS) is 1. The zero-order valence-electron chi connectivity index (χ0n) is 11.3. The van der Waals surface area contributed by atoms with Crippen molar-refractivity contribution in [3.8, 4) is 0 Å². The number of rotatable bonds is 5. The maximum atomic E-state index is 10.8. The number of aromatic carboxylic acids is 1. The smallest absolute Gasteiger partial charge is 0.356 e. The second-order valence-electron chi connectivity index (χ2n) is 5.25. The van der Waals surface area contributed by atoms with Gasteiger partial charge >= 0.3 is 5.97 Å². The van der Waals surface area contributed by atoms with E-state index in [0.717, 1.165) is 18.8 Å². The Hall–Kier alpha value is -1.65. The molecule has 0 radical (unpaired) electrons. The van der Waals surface area contributed by atoms with Gasteiger partial charge in [-0.05, 0) is 31.6 Å². The third-order valence-corrected chi connectivity index (χ3v) is 3.75. The molecule has 5 nitrogen and oxygen atoms in total. The molecule has 1 aromatic heterocycles. The molecule has 1 aliphatic carbocycles. The Bertz CT molecular complexity index is 428. The van der Waals surface area contributed by atoms with Crippen LogP contribution in [0, 0.1) is 5.92 Å². The number of hydrogen-bond acceptors (Lipinski definition) is 4. The lowest BCUT2D eigenvalue weighted by Crippen LogP contribution is -2.26. The Morgan fingerprint density at radius 3 is 2.74 bits per heavy atom. The van der Waals surface area contributed by atoms with E-state index in [9.17, 15) is 4.79 Å². The highest BCUT2D eigenvalue weighted by atomic mass is 16.4. The van der Waals surface area contributed by atoms with E-state index in [0.29, 0.717) is 11.9 Å². The fraction of sp³-hybridized carbons (Fsp3) is 0.643. The van der Waals surface area contributed by atoms with Gasteiger partial charge in [0.1, 0.15) is 5.82 Å². The largest absolute Gasteiger partial charge is 0.476 e. The van der Waals surface area contributed by atoms with Gasteiger partial charge in [0.2, 0.25) is 0 Å². The number of anilines is 1. The summed E-state index contributed by atoms with van der Waals surface area (Å²) < 4.78 is 0. The van der Waals surface area contributed by atoms with Crippen molar-refractivity contribution in [1.82, 2.24) is 9.97 Å². The van der Waals surface area contributed by atoms with Gasteiger partial charge in [-0.2, -0.15) is 0 Å². The van der Waals surface area contributed by atoms with Gasteiger partial charge in [0.15, 0.2) is 5.69 Å². The maximum Gasteiger partial charge on any atom is 0.356 e. The van der Waals surface area contributed by atoms with Crippen molar-refractivity contribution in [1.29, 1.82) is 0 Å². The monoisotopic (exact) mass is 263 g/mol. The number of carbonyl (C=O) groups is 1. The predicted octanol–water partition coefficient (Wildman–Crippen LogP) is 2.95. The number of hydrogen-bond donors (Lipinski definition) is 2. The summed E-state index contributed by atoms with van der Waals surface area (Å²) in [6.07, 6.45) is 10.2. The van der Waals surface area contributed by atoms with E-state index in [1.54, 1.807) is 6.20 Å². The second kappa shape index (κ2) is 6.50. The summed E-state index contributed by atoms with van der Waals surface area (Å²) in [5.74, 6) is 0.390. The van der Waals surface area contributed by atoms with Crippen LogP contribution in [0.3, 0.4) is 0 Å². The summed E-state index contributed by atoms with van der Waals surface area (Å²) in [7, 11) is 0. The second-order valence-corrected chi connectivity index (χ2v) is 5.25. The molecule has 1 saturated carbocycles. The molecule has 1 heterocycles. The zero-order valence-corrected chi connectivity index (χ0v) is 11.3. The lowest BCUT2D eigenvalue weighted by Gasteiger charge is -2.29. The first-order valence-electron chi connectivity index (χ1n) is 7.01. The van der Waals surface area contributed by atoms with Crippen LogP contribution in [0.25, 0.3) is 0 Å². The molecule has 2 rings (SSSR count). The lowest BCUT2D eigenvalue weighted by atomic mass is 9.83. The summed E-state index contributed by atoms with van der Waals surface area (Å²) in [5.41, 5.74) is -0.00957. The van der Waals surface area contributed by atoms with Gasteiger partial charge in [0.05, 0.1) is 12.4 Å². The van der Waals surface area contributed by atoms with E-state index in [-0.39, 0.29) is 5.69 Å².